The Kier molecular flexibility index (Phi) is 1.80. The molecule has 1 aliphatic heterocycles. The lowest BCUT2D eigenvalue weighted by molar-refractivity contribution is -0.155. The molecule has 3 atom stereocenters. The molecule has 72 valence electrons. The van der Waals surface area contributed by atoms with Crippen LogP contribution in [0.1, 0.15) is 13.8 Å². The summed E-state index contributed by atoms with van der Waals surface area (Å²) in [5, 5.41) is 9.49. The summed E-state index contributed by atoms with van der Waals surface area (Å²) in [6.45, 7) is 3.46. The fraction of sp³-hybridized carbons (Fsp3) is 0.667. The van der Waals surface area contributed by atoms with Crippen molar-refractivity contribution in [3.63, 3.8) is 0 Å². The summed E-state index contributed by atoms with van der Waals surface area (Å²) in [6.07, 6.45) is 0.845. The molecule has 0 amide bonds. The van der Waals surface area contributed by atoms with Crippen molar-refractivity contribution in [3.8, 4) is 0 Å². The van der Waals surface area contributed by atoms with Crippen molar-refractivity contribution >= 4 is 5.78 Å². The van der Waals surface area contributed by atoms with Crippen LogP contribution in [0.15, 0.2) is 12.2 Å². The van der Waals surface area contributed by atoms with Gasteiger partial charge < -0.3 is 14.6 Å². The molecule has 13 heavy (non-hydrogen) atoms. The summed E-state index contributed by atoms with van der Waals surface area (Å²) >= 11 is 0. The summed E-state index contributed by atoms with van der Waals surface area (Å²) in [4.78, 5) is 11.3. The number of aliphatic hydroxyl groups is 1. The van der Waals surface area contributed by atoms with Crippen LogP contribution >= 0.6 is 0 Å². The van der Waals surface area contributed by atoms with Gasteiger partial charge in [-0.05, 0) is 26.0 Å². The Hall–Kier alpha value is -0.710. The Bertz CT molecular complexity index is 269. The van der Waals surface area contributed by atoms with Crippen LogP contribution in [-0.4, -0.2) is 35.0 Å². The lowest BCUT2D eigenvalue weighted by atomic mass is 9.98. The summed E-state index contributed by atoms with van der Waals surface area (Å²) in [7, 11) is 0. The van der Waals surface area contributed by atoms with E-state index in [1.54, 1.807) is 13.8 Å². The zero-order valence-corrected chi connectivity index (χ0v) is 7.56. The third-order valence-corrected chi connectivity index (χ3v) is 2.20. The Morgan fingerprint density at radius 2 is 2.15 bits per heavy atom. The van der Waals surface area contributed by atoms with Crippen molar-refractivity contribution in [2.45, 2.75) is 37.9 Å². The SMILES string of the molecule is CC1(C)O[C@H]2[C@H](O)C=CC(=O)[C@@H]2O1. The van der Waals surface area contributed by atoms with Gasteiger partial charge in [0.05, 0.1) is 0 Å². The Morgan fingerprint density at radius 3 is 2.77 bits per heavy atom. The number of hydrogen-bond acceptors (Lipinski definition) is 4. The summed E-state index contributed by atoms with van der Waals surface area (Å²) in [5.74, 6) is -0.918. The van der Waals surface area contributed by atoms with Crippen LogP contribution in [0.2, 0.25) is 0 Å². The molecule has 1 N–H and O–H groups in total. The van der Waals surface area contributed by atoms with Crippen molar-refractivity contribution in [1.29, 1.82) is 0 Å². The van der Waals surface area contributed by atoms with Crippen molar-refractivity contribution in [3.05, 3.63) is 12.2 Å². The van der Waals surface area contributed by atoms with Gasteiger partial charge in [-0.1, -0.05) is 0 Å². The van der Waals surface area contributed by atoms with Gasteiger partial charge in [-0.25, -0.2) is 0 Å². The molecule has 1 fully saturated rings. The number of carbonyl (C=O) groups excluding carboxylic acids is 1. The smallest absolute Gasteiger partial charge is 0.187 e. The number of rotatable bonds is 0. The molecule has 0 bridgehead atoms. The molecule has 0 unspecified atom stereocenters. The second-order valence-corrected chi connectivity index (χ2v) is 3.77. The van der Waals surface area contributed by atoms with Gasteiger partial charge in [0.2, 0.25) is 0 Å². The molecule has 1 saturated heterocycles. The Balaban J connectivity index is 2.26. The highest BCUT2D eigenvalue weighted by Gasteiger charge is 2.48. The number of carbonyl (C=O) groups is 1. The van der Waals surface area contributed by atoms with Gasteiger partial charge in [-0.2, -0.15) is 0 Å². The minimum atomic E-state index is -0.780. The molecule has 0 radical (unpaired) electrons. The van der Waals surface area contributed by atoms with Gasteiger partial charge in [-0.3, -0.25) is 4.79 Å². The summed E-state index contributed by atoms with van der Waals surface area (Å²) in [5.41, 5.74) is 0. The molecular formula is C9H12O4. The zero-order chi connectivity index (χ0) is 9.64. The lowest BCUT2D eigenvalue weighted by Gasteiger charge is -2.21. The maximum atomic E-state index is 11.3. The van der Waals surface area contributed by atoms with Gasteiger partial charge in [0, 0.05) is 0 Å². The fourth-order valence-corrected chi connectivity index (χ4v) is 1.66. The number of aliphatic hydroxyl groups excluding tert-OH is 1. The summed E-state index contributed by atoms with van der Waals surface area (Å²) < 4.78 is 10.7. The average Bonchev–Trinajstić information content (AvgIpc) is 2.35. The predicted octanol–water partition coefficient (Wildman–Crippen LogP) is 0.00630. The van der Waals surface area contributed by atoms with Gasteiger partial charge in [0.25, 0.3) is 0 Å². The molecule has 1 heterocycles. The minimum absolute atomic E-state index is 0.138. The topological polar surface area (TPSA) is 55.8 Å². The molecule has 4 nitrogen and oxygen atoms in total. The van der Waals surface area contributed by atoms with E-state index in [1.165, 1.54) is 12.2 Å². The van der Waals surface area contributed by atoms with E-state index < -0.39 is 24.1 Å². The van der Waals surface area contributed by atoms with E-state index >= 15 is 0 Å². The average molecular weight is 184 g/mol. The number of ether oxygens (including phenoxy) is 2. The largest absolute Gasteiger partial charge is 0.386 e. The van der Waals surface area contributed by atoms with Gasteiger partial charge in [-0.15, -0.1) is 0 Å². The van der Waals surface area contributed by atoms with Gasteiger partial charge in [0.15, 0.2) is 17.7 Å². The van der Waals surface area contributed by atoms with E-state index in [-0.39, 0.29) is 5.78 Å². The van der Waals surface area contributed by atoms with E-state index in [2.05, 4.69) is 0 Å². The fourth-order valence-electron chi connectivity index (χ4n) is 1.66. The maximum Gasteiger partial charge on any atom is 0.187 e. The molecule has 0 aromatic carbocycles. The molecular weight excluding hydrogens is 172 g/mol. The van der Waals surface area contributed by atoms with Crippen LogP contribution in [0.5, 0.6) is 0 Å². The molecule has 0 spiro atoms. The number of hydrogen-bond donors (Lipinski definition) is 1. The maximum absolute atomic E-state index is 11.3. The first-order chi connectivity index (χ1) is 5.99. The van der Waals surface area contributed by atoms with E-state index in [0.29, 0.717) is 0 Å². The highest BCUT2D eigenvalue weighted by molar-refractivity contribution is 5.95. The first-order valence-corrected chi connectivity index (χ1v) is 4.25. The van der Waals surface area contributed by atoms with Crippen LogP contribution in [0.4, 0.5) is 0 Å². The predicted molar refractivity (Wildman–Crippen MR) is 44.0 cm³/mol. The van der Waals surface area contributed by atoms with E-state index in [0.717, 1.165) is 0 Å². The van der Waals surface area contributed by atoms with Gasteiger partial charge >= 0.3 is 0 Å². The van der Waals surface area contributed by atoms with Crippen LogP contribution in [0.3, 0.4) is 0 Å². The molecule has 0 aromatic rings. The summed E-state index contributed by atoms with van der Waals surface area (Å²) in [6, 6.07) is 0. The van der Waals surface area contributed by atoms with Crippen molar-refractivity contribution < 1.29 is 19.4 Å². The van der Waals surface area contributed by atoms with E-state index in [9.17, 15) is 9.90 Å². The normalized spacial score (nSPS) is 42.1. The van der Waals surface area contributed by atoms with Crippen LogP contribution in [0.25, 0.3) is 0 Å². The van der Waals surface area contributed by atoms with Crippen molar-refractivity contribution in [2.24, 2.45) is 0 Å². The first-order valence-electron chi connectivity index (χ1n) is 4.25. The third-order valence-electron chi connectivity index (χ3n) is 2.20. The second-order valence-electron chi connectivity index (χ2n) is 3.77. The molecule has 0 saturated carbocycles. The Morgan fingerprint density at radius 1 is 1.46 bits per heavy atom. The second kappa shape index (κ2) is 2.64. The van der Waals surface area contributed by atoms with Crippen molar-refractivity contribution in [1.82, 2.24) is 0 Å². The molecule has 2 aliphatic rings. The molecule has 1 aliphatic carbocycles. The highest BCUT2D eigenvalue weighted by atomic mass is 16.8. The zero-order valence-electron chi connectivity index (χ0n) is 7.56. The molecule has 2 rings (SSSR count). The highest BCUT2D eigenvalue weighted by Crippen LogP contribution is 2.32. The first kappa shape index (κ1) is 8.87. The van der Waals surface area contributed by atoms with Crippen molar-refractivity contribution in [2.75, 3.05) is 0 Å². The monoisotopic (exact) mass is 184 g/mol. The Labute approximate surface area is 76.1 Å². The van der Waals surface area contributed by atoms with Crippen LogP contribution in [0, 0.1) is 0 Å². The minimum Gasteiger partial charge on any atom is -0.386 e. The standard InChI is InChI=1S/C9H12O4/c1-9(2)12-7-5(10)3-4-6(11)8(7)13-9/h3-5,7-8,10H,1-2H3/t5-,7+,8+/m1/s1. The van der Waals surface area contributed by atoms with E-state index in [1.807, 2.05) is 0 Å². The third kappa shape index (κ3) is 1.41. The number of fused-ring (bicyclic) bond motifs is 1. The molecule has 0 aromatic heterocycles. The quantitative estimate of drug-likeness (QED) is 0.576. The van der Waals surface area contributed by atoms with Gasteiger partial charge in [0.1, 0.15) is 12.2 Å². The lowest BCUT2D eigenvalue weighted by Crippen LogP contribution is -2.41. The van der Waals surface area contributed by atoms with Crippen LogP contribution < -0.4 is 0 Å². The molecule has 4 heteroatoms. The van der Waals surface area contributed by atoms with E-state index in [4.69, 9.17) is 9.47 Å². The number of ketones is 1. The van der Waals surface area contributed by atoms with Crippen LogP contribution in [-0.2, 0) is 14.3 Å².